The van der Waals surface area contributed by atoms with E-state index in [0.717, 1.165) is 11.8 Å². The molecule has 0 radical (unpaired) electrons. The summed E-state index contributed by atoms with van der Waals surface area (Å²) in [4.78, 5) is 11.5. The summed E-state index contributed by atoms with van der Waals surface area (Å²) in [6.45, 7) is 3.99. The summed E-state index contributed by atoms with van der Waals surface area (Å²) in [5.74, 6) is 0.624. The summed E-state index contributed by atoms with van der Waals surface area (Å²) in [7, 11) is 0. The lowest BCUT2D eigenvalue weighted by molar-refractivity contribution is -0.164. The van der Waals surface area contributed by atoms with E-state index in [4.69, 9.17) is 9.15 Å². The molecule has 0 bridgehead atoms. The first kappa shape index (κ1) is 12.7. The fraction of sp³-hybridized carbons (Fsp3) is 0.500. The second kappa shape index (κ2) is 4.88. The third kappa shape index (κ3) is 2.58. The monoisotopic (exact) mass is 250 g/mol. The Hall–Kier alpha value is -1.71. The Morgan fingerprint density at radius 2 is 2.28 bits per heavy atom. The van der Waals surface area contributed by atoms with E-state index in [0.29, 0.717) is 19.3 Å². The highest BCUT2D eigenvalue weighted by molar-refractivity contribution is 5.83. The topological polar surface area (TPSA) is 59.7 Å². The maximum Gasteiger partial charge on any atom is 0.334 e. The van der Waals surface area contributed by atoms with Gasteiger partial charge in [-0.3, -0.25) is 0 Å². The first-order valence-electron chi connectivity index (χ1n) is 6.17. The molecular weight excluding hydrogens is 232 g/mol. The molecule has 0 amide bonds. The van der Waals surface area contributed by atoms with Crippen LogP contribution in [0.1, 0.15) is 32.4 Å². The van der Waals surface area contributed by atoms with Gasteiger partial charge in [0, 0.05) is 12.8 Å². The first-order valence-corrected chi connectivity index (χ1v) is 6.17. The fourth-order valence-corrected chi connectivity index (χ4v) is 2.30. The molecule has 1 N–H and O–H groups in total. The molecule has 1 aromatic rings. The number of ether oxygens (including phenoxy) is 1. The molecule has 0 spiro atoms. The Morgan fingerprint density at radius 1 is 1.50 bits per heavy atom. The smallest absolute Gasteiger partial charge is 0.334 e. The van der Waals surface area contributed by atoms with Gasteiger partial charge in [-0.25, -0.2) is 4.79 Å². The highest BCUT2D eigenvalue weighted by Crippen LogP contribution is 2.36. The molecule has 4 nitrogen and oxygen atoms in total. The molecule has 1 aromatic heterocycles. The van der Waals surface area contributed by atoms with Crippen molar-refractivity contribution in [2.24, 2.45) is 5.92 Å². The van der Waals surface area contributed by atoms with E-state index in [1.54, 1.807) is 6.26 Å². The van der Waals surface area contributed by atoms with Crippen molar-refractivity contribution in [3.8, 4) is 0 Å². The van der Waals surface area contributed by atoms with Crippen LogP contribution in [0, 0.1) is 5.92 Å². The van der Waals surface area contributed by atoms with Crippen molar-refractivity contribution >= 4 is 5.97 Å². The molecule has 0 aliphatic carbocycles. The average Bonchev–Trinajstić information content (AvgIpc) is 2.77. The van der Waals surface area contributed by atoms with Crippen LogP contribution >= 0.6 is 0 Å². The van der Waals surface area contributed by atoms with Gasteiger partial charge in [-0.1, -0.05) is 13.8 Å². The minimum absolute atomic E-state index is 0.0967. The van der Waals surface area contributed by atoms with Crippen LogP contribution in [0.15, 0.2) is 34.6 Å². The van der Waals surface area contributed by atoms with Crippen molar-refractivity contribution in [2.45, 2.75) is 38.7 Å². The second-order valence-corrected chi connectivity index (χ2v) is 5.03. The first-order chi connectivity index (χ1) is 8.52. The molecule has 0 saturated heterocycles. The summed E-state index contributed by atoms with van der Waals surface area (Å²) in [5.41, 5.74) is -0.636. The molecule has 0 saturated carbocycles. The Bertz CT molecular complexity index is 444. The maximum atomic E-state index is 11.5. The quantitative estimate of drug-likeness (QED) is 0.834. The van der Waals surface area contributed by atoms with Gasteiger partial charge >= 0.3 is 5.97 Å². The van der Waals surface area contributed by atoms with Crippen LogP contribution in [0.4, 0.5) is 0 Å². The van der Waals surface area contributed by atoms with E-state index in [1.807, 2.05) is 26.0 Å². The zero-order valence-corrected chi connectivity index (χ0v) is 10.7. The molecule has 1 atom stereocenters. The number of aliphatic hydroxyl groups is 1. The minimum atomic E-state index is -0.636. The maximum absolute atomic E-state index is 11.5. The Balaban J connectivity index is 2.12. The molecule has 4 heteroatoms. The molecule has 18 heavy (non-hydrogen) atoms. The molecular formula is C14H18O4. The van der Waals surface area contributed by atoms with Gasteiger partial charge in [0.25, 0.3) is 0 Å². The van der Waals surface area contributed by atoms with E-state index in [2.05, 4.69) is 0 Å². The van der Waals surface area contributed by atoms with E-state index >= 15 is 0 Å². The number of carbonyl (C=O) groups excluding carboxylic acids is 1. The normalized spacial score (nSPS) is 23.9. The molecule has 0 aromatic carbocycles. The van der Waals surface area contributed by atoms with Gasteiger partial charge < -0.3 is 14.3 Å². The van der Waals surface area contributed by atoms with Crippen LogP contribution < -0.4 is 0 Å². The number of aryl methyl sites for hydroxylation is 1. The van der Waals surface area contributed by atoms with Crippen molar-refractivity contribution in [3.05, 3.63) is 36.0 Å². The lowest BCUT2D eigenvalue weighted by Gasteiger charge is -2.38. The number of hydrogen-bond acceptors (Lipinski definition) is 4. The number of hydrogen-bond donors (Lipinski definition) is 1. The van der Waals surface area contributed by atoms with Gasteiger partial charge in [0.15, 0.2) is 0 Å². The van der Waals surface area contributed by atoms with E-state index in [9.17, 15) is 9.90 Å². The molecule has 2 heterocycles. The summed E-state index contributed by atoms with van der Waals surface area (Å²) >= 11 is 0. The van der Waals surface area contributed by atoms with Gasteiger partial charge in [0.2, 0.25) is 0 Å². The zero-order valence-electron chi connectivity index (χ0n) is 10.7. The number of aliphatic hydroxyl groups excluding tert-OH is 1. The lowest BCUT2D eigenvalue weighted by Crippen LogP contribution is -2.43. The van der Waals surface area contributed by atoms with Crippen molar-refractivity contribution in [1.82, 2.24) is 0 Å². The fourth-order valence-electron chi connectivity index (χ4n) is 2.30. The SMILES string of the molecule is CC(C)C1(CCc2ccco2)CC(O)=CC(=O)O1. The Morgan fingerprint density at radius 3 is 2.83 bits per heavy atom. The van der Waals surface area contributed by atoms with Gasteiger partial charge in [-0.15, -0.1) is 0 Å². The summed E-state index contributed by atoms with van der Waals surface area (Å²) < 4.78 is 10.8. The largest absolute Gasteiger partial charge is 0.512 e. The Labute approximate surface area is 106 Å². The molecule has 1 unspecified atom stereocenters. The van der Waals surface area contributed by atoms with Crippen LogP contribution in [-0.4, -0.2) is 16.7 Å². The van der Waals surface area contributed by atoms with Crippen molar-refractivity contribution in [2.75, 3.05) is 0 Å². The van der Waals surface area contributed by atoms with Gasteiger partial charge in [0.05, 0.1) is 12.3 Å². The minimum Gasteiger partial charge on any atom is -0.512 e. The van der Waals surface area contributed by atoms with Crippen molar-refractivity contribution in [3.63, 3.8) is 0 Å². The van der Waals surface area contributed by atoms with E-state index in [-0.39, 0.29) is 11.7 Å². The van der Waals surface area contributed by atoms with Crippen molar-refractivity contribution in [1.29, 1.82) is 0 Å². The van der Waals surface area contributed by atoms with E-state index < -0.39 is 11.6 Å². The number of carbonyl (C=O) groups is 1. The predicted molar refractivity (Wildman–Crippen MR) is 66.0 cm³/mol. The second-order valence-electron chi connectivity index (χ2n) is 5.03. The Kier molecular flexibility index (Phi) is 3.45. The average molecular weight is 250 g/mol. The zero-order chi connectivity index (χ0) is 13.2. The highest BCUT2D eigenvalue weighted by Gasteiger charge is 2.41. The van der Waals surface area contributed by atoms with Crippen LogP contribution in [0.5, 0.6) is 0 Å². The third-order valence-electron chi connectivity index (χ3n) is 3.50. The standard InChI is InChI=1S/C14H18O4/c1-10(2)14(6-5-12-4-3-7-17-12)9-11(15)8-13(16)18-14/h3-4,7-8,10,15H,5-6,9H2,1-2H3. The van der Waals surface area contributed by atoms with Crippen molar-refractivity contribution < 1.29 is 19.1 Å². The molecule has 98 valence electrons. The van der Waals surface area contributed by atoms with Gasteiger partial charge in [-0.05, 0) is 24.5 Å². The molecule has 0 fully saturated rings. The molecule has 1 aliphatic rings. The highest BCUT2D eigenvalue weighted by atomic mass is 16.6. The van der Waals surface area contributed by atoms with Crippen LogP contribution in [0.25, 0.3) is 0 Å². The number of cyclic esters (lactones) is 1. The lowest BCUT2D eigenvalue weighted by atomic mass is 9.80. The summed E-state index contributed by atoms with van der Waals surface area (Å²) in [6, 6.07) is 3.73. The number of esters is 1. The number of rotatable bonds is 4. The molecule has 1 aliphatic heterocycles. The van der Waals surface area contributed by atoms with Crippen LogP contribution in [-0.2, 0) is 16.0 Å². The molecule has 2 rings (SSSR count). The van der Waals surface area contributed by atoms with Gasteiger partial charge in [0.1, 0.15) is 17.1 Å². The van der Waals surface area contributed by atoms with Gasteiger partial charge in [-0.2, -0.15) is 0 Å². The van der Waals surface area contributed by atoms with Crippen LogP contribution in [0.3, 0.4) is 0 Å². The van der Waals surface area contributed by atoms with Crippen LogP contribution in [0.2, 0.25) is 0 Å². The number of furan rings is 1. The predicted octanol–water partition coefficient (Wildman–Crippen LogP) is 3.00. The summed E-state index contributed by atoms with van der Waals surface area (Å²) in [5, 5.41) is 9.66. The third-order valence-corrected chi connectivity index (χ3v) is 3.50. The van der Waals surface area contributed by atoms with E-state index in [1.165, 1.54) is 0 Å². The summed E-state index contributed by atoms with van der Waals surface area (Å²) in [6.07, 6.45) is 4.47.